The highest BCUT2D eigenvalue weighted by Gasteiger charge is 2.14. The second-order valence-corrected chi connectivity index (χ2v) is 7.36. The van der Waals surface area contributed by atoms with Crippen LogP contribution in [0.25, 0.3) is 17.5 Å². The van der Waals surface area contributed by atoms with Crippen LogP contribution in [0.3, 0.4) is 0 Å². The predicted molar refractivity (Wildman–Crippen MR) is 131 cm³/mol. The molecule has 2 aromatic carbocycles. The fourth-order valence-corrected chi connectivity index (χ4v) is 3.45. The molecule has 0 atom stereocenters. The van der Waals surface area contributed by atoms with E-state index in [0.717, 1.165) is 16.7 Å². The summed E-state index contributed by atoms with van der Waals surface area (Å²) in [5, 5.41) is 6.94. The van der Waals surface area contributed by atoms with Crippen molar-refractivity contribution in [3.05, 3.63) is 84.0 Å². The van der Waals surface area contributed by atoms with E-state index in [0.29, 0.717) is 41.1 Å². The molecule has 35 heavy (non-hydrogen) atoms. The number of carbonyl (C=O) groups is 1. The van der Waals surface area contributed by atoms with Crippen molar-refractivity contribution in [2.45, 2.75) is 6.42 Å². The van der Waals surface area contributed by atoms with Crippen molar-refractivity contribution in [2.24, 2.45) is 0 Å². The number of benzene rings is 2. The molecule has 9 heteroatoms. The first-order valence-electron chi connectivity index (χ1n) is 10.7. The fourth-order valence-electron chi connectivity index (χ4n) is 3.45. The van der Waals surface area contributed by atoms with E-state index in [2.05, 4.69) is 20.4 Å². The quantitative estimate of drug-likeness (QED) is 0.357. The summed E-state index contributed by atoms with van der Waals surface area (Å²) in [6.45, 7) is 0. The molecule has 4 aromatic rings. The third-order valence-corrected chi connectivity index (χ3v) is 5.14. The van der Waals surface area contributed by atoms with Gasteiger partial charge in [0.05, 0.1) is 27.8 Å². The van der Waals surface area contributed by atoms with E-state index in [1.165, 1.54) is 27.4 Å². The summed E-state index contributed by atoms with van der Waals surface area (Å²) in [6.07, 6.45) is 6.81. The lowest BCUT2D eigenvalue weighted by Gasteiger charge is -2.12. The summed E-state index contributed by atoms with van der Waals surface area (Å²) in [6, 6.07) is 14.6. The van der Waals surface area contributed by atoms with Crippen molar-refractivity contribution < 1.29 is 23.5 Å². The maximum Gasteiger partial charge on any atom is 0.248 e. The van der Waals surface area contributed by atoms with Crippen LogP contribution in [-0.2, 0) is 11.2 Å². The Morgan fingerprint density at radius 3 is 2.40 bits per heavy atom. The summed E-state index contributed by atoms with van der Waals surface area (Å²) < 4.78 is 21.5. The third-order valence-electron chi connectivity index (χ3n) is 5.14. The van der Waals surface area contributed by atoms with E-state index < -0.39 is 0 Å². The van der Waals surface area contributed by atoms with E-state index in [4.69, 9.17) is 18.7 Å². The number of amides is 1. The van der Waals surface area contributed by atoms with Gasteiger partial charge in [-0.05, 0) is 47.5 Å². The Kier molecular flexibility index (Phi) is 7.37. The van der Waals surface area contributed by atoms with Crippen molar-refractivity contribution in [3.63, 3.8) is 0 Å². The van der Waals surface area contributed by atoms with Gasteiger partial charge in [0, 0.05) is 29.7 Å². The molecule has 1 N–H and O–H groups in total. The zero-order chi connectivity index (χ0) is 24.6. The Labute approximate surface area is 202 Å². The molecule has 0 aliphatic rings. The number of nitrogens with one attached hydrogen (secondary N) is 1. The normalized spacial score (nSPS) is 10.8. The van der Waals surface area contributed by atoms with Crippen LogP contribution in [0.2, 0.25) is 0 Å². The van der Waals surface area contributed by atoms with Gasteiger partial charge in [-0.25, -0.2) is 0 Å². The second-order valence-electron chi connectivity index (χ2n) is 7.36. The van der Waals surface area contributed by atoms with Crippen molar-refractivity contribution in [3.8, 4) is 28.6 Å². The van der Waals surface area contributed by atoms with Crippen LogP contribution in [0.5, 0.6) is 17.2 Å². The standard InChI is InChI=1S/C26H24N4O5/c1-32-21-14-17(15-22(33-2)25(21)34-3)8-9-23(31)28-20-7-5-4-6-19(20)16-24-29-26(30-35-24)18-10-12-27-13-11-18/h4-15H,16H2,1-3H3,(H,28,31)/b9-8+. The highest BCUT2D eigenvalue weighted by Crippen LogP contribution is 2.38. The summed E-state index contributed by atoms with van der Waals surface area (Å²) in [5.41, 5.74) is 3.02. The molecule has 0 fully saturated rings. The Morgan fingerprint density at radius 2 is 1.71 bits per heavy atom. The van der Waals surface area contributed by atoms with E-state index in [1.54, 1.807) is 30.6 Å². The minimum absolute atomic E-state index is 0.297. The van der Waals surface area contributed by atoms with E-state index in [-0.39, 0.29) is 5.91 Å². The molecule has 0 radical (unpaired) electrons. The Hall–Kier alpha value is -4.66. The highest BCUT2D eigenvalue weighted by molar-refractivity contribution is 6.02. The summed E-state index contributed by atoms with van der Waals surface area (Å²) in [7, 11) is 4.62. The van der Waals surface area contributed by atoms with Gasteiger partial charge in [-0.15, -0.1) is 0 Å². The Balaban J connectivity index is 1.48. The van der Waals surface area contributed by atoms with Gasteiger partial charge < -0.3 is 24.1 Å². The first-order valence-corrected chi connectivity index (χ1v) is 10.7. The molecule has 0 aliphatic carbocycles. The Morgan fingerprint density at radius 1 is 1.00 bits per heavy atom. The van der Waals surface area contributed by atoms with Crippen LogP contribution in [0.15, 0.2) is 71.5 Å². The molecule has 0 unspecified atom stereocenters. The molecule has 178 valence electrons. The molecule has 2 heterocycles. The van der Waals surface area contributed by atoms with Gasteiger partial charge in [0.25, 0.3) is 0 Å². The SMILES string of the molecule is COc1cc(/C=C/C(=O)Nc2ccccc2Cc2nc(-c3ccncc3)no2)cc(OC)c1OC. The van der Waals surface area contributed by atoms with E-state index in [9.17, 15) is 4.79 Å². The van der Waals surface area contributed by atoms with Crippen molar-refractivity contribution in [2.75, 3.05) is 26.6 Å². The summed E-state index contributed by atoms with van der Waals surface area (Å²) in [4.78, 5) is 21.1. The lowest BCUT2D eigenvalue weighted by Crippen LogP contribution is -2.10. The number of hydrogen-bond donors (Lipinski definition) is 1. The number of rotatable bonds is 9. The zero-order valence-corrected chi connectivity index (χ0v) is 19.5. The molecule has 9 nitrogen and oxygen atoms in total. The van der Waals surface area contributed by atoms with E-state index in [1.807, 2.05) is 36.4 Å². The predicted octanol–water partition coefficient (Wildman–Crippen LogP) is 4.40. The highest BCUT2D eigenvalue weighted by atomic mass is 16.5. The number of pyridine rings is 1. The Bertz CT molecular complexity index is 1310. The van der Waals surface area contributed by atoms with Gasteiger partial charge in [-0.1, -0.05) is 23.4 Å². The van der Waals surface area contributed by atoms with Gasteiger partial charge in [0.15, 0.2) is 11.5 Å². The zero-order valence-electron chi connectivity index (χ0n) is 19.5. The lowest BCUT2D eigenvalue weighted by atomic mass is 10.1. The molecule has 0 saturated heterocycles. The number of nitrogens with zero attached hydrogens (tertiary/aromatic N) is 3. The molecular formula is C26H24N4O5. The second kappa shape index (κ2) is 11.0. The number of para-hydroxylation sites is 1. The van der Waals surface area contributed by atoms with Crippen molar-refractivity contribution in [1.29, 1.82) is 0 Å². The molecule has 0 saturated carbocycles. The largest absolute Gasteiger partial charge is 0.493 e. The monoisotopic (exact) mass is 472 g/mol. The summed E-state index contributed by atoms with van der Waals surface area (Å²) in [5.74, 6) is 2.11. The molecule has 0 aliphatic heterocycles. The minimum Gasteiger partial charge on any atom is -0.493 e. The van der Waals surface area contributed by atoms with Gasteiger partial charge in [0.2, 0.25) is 23.4 Å². The van der Waals surface area contributed by atoms with Crippen LogP contribution in [-0.4, -0.2) is 42.4 Å². The molecule has 1 amide bonds. The topological polar surface area (TPSA) is 109 Å². The minimum atomic E-state index is -0.297. The molecule has 0 spiro atoms. The van der Waals surface area contributed by atoms with Crippen LogP contribution in [0.1, 0.15) is 17.0 Å². The van der Waals surface area contributed by atoms with Crippen LogP contribution >= 0.6 is 0 Å². The van der Waals surface area contributed by atoms with Crippen molar-refractivity contribution in [1.82, 2.24) is 15.1 Å². The number of ether oxygens (including phenoxy) is 3. The smallest absolute Gasteiger partial charge is 0.248 e. The lowest BCUT2D eigenvalue weighted by molar-refractivity contribution is -0.111. The number of aromatic nitrogens is 3. The summed E-state index contributed by atoms with van der Waals surface area (Å²) >= 11 is 0. The van der Waals surface area contributed by atoms with Crippen molar-refractivity contribution >= 4 is 17.7 Å². The molecule has 2 aromatic heterocycles. The number of carbonyl (C=O) groups excluding carboxylic acids is 1. The van der Waals surface area contributed by atoms with Gasteiger partial charge in [0.1, 0.15) is 0 Å². The first-order chi connectivity index (χ1) is 17.1. The fraction of sp³-hybridized carbons (Fsp3) is 0.154. The van der Waals surface area contributed by atoms with Crippen LogP contribution < -0.4 is 19.5 Å². The number of methoxy groups -OCH3 is 3. The van der Waals surface area contributed by atoms with E-state index >= 15 is 0 Å². The third kappa shape index (κ3) is 5.64. The number of anilines is 1. The van der Waals surface area contributed by atoms with Crippen LogP contribution in [0, 0.1) is 0 Å². The maximum absolute atomic E-state index is 12.7. The average Bonchev–Trinajstić information content (AvgIpc) is 3.37. The molecule has 0 bridgehead atoms. The van der Waals surface area contributed by atoms with Gasteiger partial charge in [-0.2, -0.15) is 4.98 Å². The van der Waals surface area contributed by atoms with Gasteiger partial charge in [-0.3, -0.25) is 9.78 Å². The first kappa shape index (κ1) is 23.5. The number of hydrogen-bond acceptors (Lipinski definition) is 8. The molecular weight excluding hydrogens is 448 g/mol. The maximum atomic E-state index is 12.7. The average molecular weight is 473 g/mol. The van der Waals surface area contributed by atoms with Gasteiger partial charge >= 0.3 is 0 Å². The van der Waals surface area contributed by atoms with Crippen LogP contribution in [0.4, 0.5) is 5.69 Å². The molecule has 4 rings (SSSR count).